The number of thioether (sulfide) groups is 2. The van der Waals surface area contributed by atoms with E-state index in [9.17, 15) is 43.1 Å². The Hall–Kier alpha value is -10.9. The van der Waals surface area contributed by atoms with Crippen molar-refractivity contribution in [2.24, 2.45) is 11.5 Å². The summed E-state index contributed by atoms with van der Waals surface area (Å²) >= 11 is 2.81. The lowest BCUT2D eigenvalue weighted by Gasteiger charge is -2.31. The van der Waals surface area contributed by atoms with Gasteiger partial charge in [0.2, 0.25) is 59.1 Å². The Labute approximate surface area is 610 Å². The minimum Gasteiger partial charge on any atom is -0.481 e. The number of benzene rings is 5. The van der Waals surface area contributed by atoms with Gasteiger partial charge in [-0.3, -0.25) is 52.7 Å². The zero-order chi connectivity index (χ0) is 74.5. The van der Waals surface area contributed by atoms with Crippen molar-refractivity contribution in [3.8, 4) is 11.1 Å². The van der Waals surface area contributed by atoms with E-state index in [0.29, 0.717) is 70.6 Å². The minimum absolute atomic E-state index is 0.0146. The number of aromatic nitrogens is 4. The highest BCUT2D eigenvalue weighted by Crippen LogP contribution is 2.27. The predicted octanol–water partition coefficient (Wildman–Crippen LogP) is 3.75. The quantitative estimate of drug-likeness (QED) is 0.0613. The van der Waals surface area contributed by atoms with Gasteiger partial charge in [-0.05, 0) is 114 Å². The first-order valence-corrected chi connectivity index (χ1v) is 36.7. The van der Waals surface area contributed by atoms with Crippen LogP contribution in [-0.4, -0.2) is 174 Å². The first-order valence-electron chi connectivity index (χ1n) is 34.4. The highest BCUT2D eigenvalue weighted by molar-refractivity contribution is 7.98. The zero-order valence-electron chi connectivity index (χ0n) is 57.2. The summed E-state index contributed by atoms with van der Waals surface area (Å²) in [5, 5.41) is 32.2. The number of carboxylic acid groups (broad SMARTS) is 1. The fourth-order valence-corrected chi connectivity index (χ4v) is 14.6. The summed E-state index contributed by atoms with van der Waals surface area (Å²) in [6.07, 6.45) is 4.80. The largest absolute Gasteiger partial charge is 0.481 e. The van der Waals surface area contributed by atoms with E-state index in [4.69, 9.17) is 11.5 Å². The smallest absolute Gasteiger partial charge is 0.305 e. The van der Waals surface area contributed by atoms with Crippen LogP contribution in [0.5, 0.6) is 0 Å². The molecule has 552 valence electrons. The standard InChI is InChI=1S/C74H83F2N15O12S2/c75-49-18-20-54-52(30-49)47(34-80-54)28-57-69(98)86-58(29-48-35-81-55-21-19-50(76)31-53(48)55)70(99)88-60(33-66(94)95)72(101)87-59(32-51-36-79-41-83-51)71(100)89-61(27-42-14-16-46(17-15-42)45-10-2-1-3-11-45)74(103)91-24-7-13-63(91)73(102)90-62(67(78)96)40-105-39-44-9-6-8-43(26-44)38-104-25-22-64(92)84-56(12-4-5-23-77)68(97)82-37-65(93)85-57/h1-3,6,8-11,14-21,26,30-31,34-36,41,56-63,80-81H,4-5,7,12-13,22-25,27-29,32-33,37-40,77H2,(H2,78,96)(H,79,83)(H,82,97)(H,84,92)(H,85,93)(H,86,98)(H,87,101)(H,88,99)(H,89,100)(H,90,102)(H,94,95)/t56-,57-,58-,59-,60-,61-,62-,63-/m0/s1. The summed E-state index contributed by atoms with van der Waals surface area (Å²) in [7, 11) is 0. The van der Waals surface area contributed by atoms with Gasteiger partial charge < -0.3 is 79.0 Å². The molecule has 8 aromatic rings. The van der Waals surface area contributed by atoms with Gasteiger partial charge in [0.25, 0.3) is 0 Å². The lowest BCUT2D eigenvalue weighted by atomic mass is 9.99. The van der Waals surface area contributed by atoms with Crippen LogP contribution in [-0.2, 0) is 89.9 Å². The Bertz CT molecular complexity index is 4430. The number of carboxylic acids is 1. The van der Waals surface area contributed by atoms with Gasteiger partial charge in [-0.15, -0.1) is 0 Å². The number of carbonyl (C=O) groups is 11. The minimum atomic E-state index is -2.04. The molecular weight excluding hydrogens is 1390 g/mol. The molecule has 2 bridgehead atoms. The molecule has 1 saturated heterocycles. The molecule has 0 aliphatic carbocycles. The Morgan fingerprint density at radius 1 is 0.581 bits per heavy atom. The number of halogens is 2. The Morgan fingerprint density at radius 2 is 1.17 bits per heavy atom. The van der Waals surface area contributed by atoms with Crippen LogP contribution < -0.4 is 54.0 Å². The highest BCUT2D eigenvalue weighted by Gasteiger charge is 2.41. The van der Waals surface area contributed by atoms with Crippen molar-refractivity contribution in [1.82, 2.24) is 67.4 Å². The number of H-pyrrole nitrogens is 3. The van der Waals surface area contributed by atoms with Crippen LogP contribution in [0, 0.1) is 11.6 Å². The number of nitrogens with zero attached hydrogens (tertiary/aromatic N) is 2. The third-order valence-corrected chi connectivity index (χ3v) is 20.3. The summed E-state index contributed by atoms with van der Waals surface area (Å²) in [5.41, 5.74) is 17.5. The van der Waals surface area contributed by atoms with Crippen molar-refractivity contribution in [3.63, 3.8) is 0 Å². The second-order valence-corrected chi connectivity index (χ2v) is 28.0. The SMILES string of the molecule is NCCCC[C@@H]1NC(=O)CCSCc2cccc(c2)CSC[C@@H](C(N)=O)NC(=O)[C@@H]2CCCN2C(=O)[C@H](Cc2ccc(-c3ccccc3)cc2)NC(=O)[C@H](Cc2c[nH]cn2)NC(=O)[C@H](CC(=O)O)NC(=O)[C@H](Cc2c[nH]c3ccc(F)cc23)NC(=O)[C@H](Cc2c[nH]c3ccc(F)cc23)NC(=O)CNC1=O. The van der Waals surface area contributed by atoms with Crippen molar-refractivity contribution in [2.75, 3.05) is 31.1 Å². The maximum absolute atomic E-state index is 15.3. The summed E-state index contributed by atoms with van der Waals surface area (Å²) in [6, 6.07) is 20.1. The molecular formula is C74H83F2N15O12S2. The monoisotopic (exact) mass is 1480 g/mol. The van der Waals surface area contributed by atoms with Crippen molar-refractivity contribution in [2.45, 2.75) is 130 Å². The third-order valence-electron chi connectivity index (χ3n) is 18.1. The van der Waals surface area contributed by atoms with E-state index >= 15 is 23.6 Å². The molecule has 3 aromatic heterocycles. The number of unbranched alkanes of at least 4 members (excludes halogenated alkanes) is 1. The van der Waals surface area contributed by atoms with Gasteiger partial charge in [0.15, 0.2) is 0 Å². The van der Waals surface area contributed by atoms with Crippen molar-refractivity contribution >= 4 is 110 Å². The van der Waals surface area contributed by atoms with Gasteiger partial charge >= 0.3 is 5.97 Å². The number of rotatable bonds is 16. The van der Waals surface area contributed by atoms with Crippen molar-refractivity contribution in [1.29, 1.82) is 0 Å². The van der Waals surface area contributed by atoms with Gasteiger partial charge in [-0.1, -0.05) is 78.9 Å². The van der Waals surface area contributed by atoms with Gasteiger partial charge in [0.05, 0.1) is 25.0 Å². The second-order valence-electron chi connectivity index (χ2n) is 25.8. The third kappa shape index (κ3) is 21.6. The molecule has 10 rings (SSSR count). The molecule has 0 spiro atoms. The van der Waals surface area contributed by atoms with E-state index in [1.54, 1.807) is 12.1 Å². The van der Waals surface area contributed by atoms with Crippen LogP contribution in [0.3, 0.4) is 0 Å². The molecule has 10 amide bonds. The number of amides is 10. The number of primary amides is 1. The second kappa shape index (κ2) is 37.0. The number of aliphatic carboxylic acids is 1. The predicted molar refractivity (Wildman–Crippen MR) is 391 cm³/mol. The van der Waals surface area contributed by atoms with Gasteiger partial charge in [-0.2, -0.15) is 23.5 Å². The maximum Gasteiger partial charge on any atom is 0.305 e. The Balaban J connectivity index is 0.983. The first-order chi connectivity index (χ1) is 50.6. The average molecular weight is 1480 g/mol. The molecule has 27 nitrogen and oxygen atoms in total. The van der Waals surface area contributed by atoms with E-state index in [1.807, 2.05) is 66.7 Å². The molecule has 5 aromatic carbocycles. The summed E-state index contributed by atoms with van der Waals surface area (Å²) in [4.78, 5) is 172. The van der Waals surface area contributed by atoms with Crippen LogP contribution in [0.25, 0.3) is 32.9 Å². The van der Waals surface area contributed by atoms with Crippen molar-refractivity contribution < 1.29 is 66.6 Å². The molecule has 0 saturated carbocycles. The molecule has 2 aliphatic heterocycles. The topological polar surface area (TPSA) is 420 Å². The lowest BCUT2D eigenvalue weighted by molar-refractivity contribution is -0.143. The highest BCUT2D eigenvalue weighted by atomic mass is 32.2. The molecule has 2 aliphatic rings. The van der Waals surface area contributed by atoms with Gasteiger partial charge in [-0.25, -0.2) is 13.8 Å². The molecule has 0 radical (unpaired) electrons. The number of aromatic amines is 3. The number of nitrogens with two attached hydrogens (primary N) is 2. The van der Waals surface area contributed by atoms with E-state index < -0.39 is 144 Å². The number of nitrogens with one attached hydrogen (secondary N) is 11. The van der Waals surface area contributed by atoms with Gasteiger partial charge in [0.1, 0.15) is 60.0 Å². The number of hydrogen-bond acceptors (Lipinski definition) is 15. The molecule has 0 unspecified atom stereocenters. The number of fused-ring (bicyclic) bond motifs is 5. The lowest BCUT2D eigenvalue weighted by Crippen LogP contribution is -2.61. The first kappa shape index (κ1) is 76.7. The molecule has 31 heteroatoms. The zero-order valence-corrected chi connectivity index (χ0v) is 58.8. The molecule has 105 heavy (non-hydrogen) atoms. The van der Waals surface area contributed by atoms with E-state index in [2.05, 4.69) is 62.5 Å². The Morgan fingerprint density at radius 3 is 1.79 bits per heavy atom. The summed E-state index contributed by atoms with van der Waals surface area (Å²) in [5.74, 6) is -10.3. The number of imidazole rings is 1. The van der Waals surface area contributed by atoms with E-state index in [1.165, 1.54) is 89.7 Å². The van der Waals surface area contributed by atoms with E-state index in [-0.39, 0.29) is 67.5 Å². The van der Waals surface area contributed by atoms with Crippen LogP contribution >= 0.6 is 23.5 Å². The average Bonchev–Trinajstić information content (AvgIpc) is 1.79. The molecule has 16 N–H and O–H groups in total. The maximum atomic E-state index is 15.3. The Kier molecular flexibility index (Phi) is 27.0. The van der Waals surface area contributed by atoms with Gasteiger partial charge in [0, 0.05) is 102 Å². The number of hydrogen-bond donors (Lipinski definition) is 14. The van der Waals surface area contributed by atoms with Crippen molar-refractivity contribution in [3.05, 3.63) is 185 Å². The summed E-state index contributed by atoms with van der Waals surface area (Å²) < 4.78 is 29.9. The molecule has 8 atom stereocenters. The van der Waals surface area contributed by atoms with Crippen LogP contribution in [0.2, 0.25) is 0 Å². The summed E-state index contributed by atoms with van der Waals surface area (Å²) in [6.45, 7) is -0.378. The van der Waals surface area contributed by atoms with Crippen LogP contribution in [0.1, 0.15) is 78.5 Å². The molecule has 1 fully saturated rings. The van der Waals surface area contributed by atoms with Crippen LogP contribution in [0.15, 0.2) is 140 Å². The van der Waals surface area contributed by atoms with Crippen LogP contribution in [0.4, 0.5) is 8.78 Å². The fourth-order valence-electron chi connectivity index (χ4n) is 12.7. The molecule has 5 heterocycles. The normalized spacial score (nSPS) is 21.6. The fraction of sp³-hybridized carbons (Fsp3) is 0.351. The number of carbonyl (C=O) groups excluding carboxylic acids is 10. The van der Waals surface area contributed by atoms with E-state index in [0.717, 1.165) is 22.3 Å².